The summed E-state index contributed by atoms with van der Waals surface area (Å²) in [6.07, 6.45) is 1.20. The largest absolute Gasteiger partial charge is 0.373 e. The SMILES string of the molecule is CNc1cc(N2CCC(C)(C)C2)nc(-c2ccccc2)n1. The first-order chi connectivity index (χ1) is 10.1. The Morgan fingerprint density at radius 1 is 1.14 bits per heavy atom. The topological polar surface area (TPSA) is 41.0 Å². The summed E-state index contributed by atoms with van der Waals surface area (Å²) in [5.74, 6) is 2.66. The van der Waals surface area contributed by atoms with Gasteiger partial charge in [0.05, 0.1) is 0 Å². The molecule has 4 heteroatoms. The fraction of sp³-hybridized carbons (Fsp3) is 0.412. The van der Waals surface area contributed by atoms with Crippen LogP contribution in [0.2, 0.25) is 0 Å². The van der Waals surface area contributed by atoms with Gasteiger partial charge in [0.1, 0.15) is 11.6 Å². The number of nitrogens with one attached hydrogen (secondary N) is 1. The Balaban J connectivity index is 1.98. The monoisotopic (exact) mass is 282 g/mol. The van der Waals surface area contributed by atoms with Crippen molar-refractivity contribution in [2.45, 2.75) is 20.3 Å². The Labute approximate surface area is 126 Å². The Kier molecular flexibility index (Phi) is 3.53. The molecule has 1 N–H and O–H groups in total. The molecule has 0 atom stereocenters. The molecular formula is C17H22N4. The third-order valence-corrected chi connectivity index (χ3v) is 4.00. The van der Waals surface area contributed by atoms with E-state index in [-0.39, 0.29) is 0 Å². The molecule has 4 nitrogen and oxygen atoms in total. The van der Waals surface area contributed by atoms with Crippen LogP contribution in [0.3, 0.4) is 0 Å². The number of benzene rings is 1. The van der Waals surface area contributed by atoms with Gasteiger partial charge in [-0.1, -0.05) is 44.2 Å². The molecular weight excluding hydrogens is 260 g/mol. The number of anilines is 2. The highest BCUT2D eigenvalue weighted by Gasteiger charge is 2.30. The van der Waals surface area contributed by atoms with Gasteiger partial charge in [-0.05, 0) is 11.8 Å². The van der Waals surface area contributed by atoms with Crippen LogP contribution in [-0.2, 0) is 0 Å². The maximum atomic E-state index is 4.77. The van der Waals surface area contributed by atoms with Gasteiger partial charge >= 0.3 is 0 Å². The van der Waals surface area contributed by atoms with Gasteiger partial charge in [0.25, 0.3) is 0 Å². The third kappa shape index (κ3) is 2.99. The molecule has 1 aliphatic rings. The number of hydrogen-bond acceptors (Lipinski definition) is 4. The highest BCUT2D eigenvalue weighted by atomic mass is 15.2. The molecule has 0 unspecified atom stereocenters. The Bertz CT molecular complexity index is 622. The number of rotatable bonds is 3. The Hall–Kier alpha value is -2.10. The fourth-order valence-corrected chi connectivity index (χ4v) is 2.75. The zero-order chi connectivity index (χ0) is 14.9. The van der Waals surface area contributed by atoms with Gasteiger partial charge in [-0.2, -0.15) is 0 Å². The van der Waals surface area contributed by atoms with E-state index < -0.39 is 0 Å². The van der Waals surface area contributed by atoms with E-state index in [1.807, 2.05) is 43.4 Å². The molecule has 2 heterocycles. The van der Waals surface area contributed by atoms with E-state index in [1.54, 1.807) is 0 Å². The molecule has 1 fully saturated rings. The Morgan fingerprint density at radius 2 is 1.90 bits per heavy atom. The van der Waals surface area contributed by atoms with Crippen molar-refractivity contribution in [3.05, 3.63) is 36.4 Å². The molecule has 0 bridgehead atoms. The van der Waals surface area contributed by atoms with Crippen LogP contribution in [0.1, 0.15) is 20.3 Å². The smallest absolute Gasteiger partial charge is 0.163 e. The molecule has 3 rings (SSSR count). The molecule has 1 saturated heterocycles. The summed E-state index contributed by atoms with van der Waals surface area (Å²) in [6, 6.07) is 12.2. The van der Waals surface area contributed by atoms with Crippen molar-refractivity contribution in [1.82, 2.24) is 9.97 Å². The van der Waals surface area contributed by atoms with Crippen LogP contribution < -0.4 is 10.2 Å². The van der Waals surface area contributed by atoms with Crippen LogP contribution in [0.4, 0.5) is 11.6 Å². The maximum Gasteiger partial charge on any atom is 0.163 e. The van der Waals surface area contributed by atoms with Crippen LogP contribution in [0.5, 0.6) is 0 Å². The Morgan fingerprint density at radius 3 is 2.52 bits per heavy atom. The van der Waals surface area contributed by atoms with E-state index in [4.69, 9.17) is 4.98 Å². The maximum absolute atomic E-state index is 4.77. The molecule has 2 aromatic rings. The summed E-state index contributed by atoms with van der Waals surface area (Å²) in [7, 11) is 1.90. The molecule has 1 aromatic carbocycles. The minimum absolute atomic E-state index is 0.359. The van der Waals surface area contributed by atoms with Crippen LogP contribution in [0.15, 0.2) is 36.4 Å². The van der Waals surface area contributed by atoms with E-state index in [2.05, 4.69) is 29.0 Å². The molecule has 0 spiro atoms. The summed E-state index contributed by atoms with van der Waals surface area (Å²) in [4.78, 5) is 11.7. The van der Waals surface area contributed by atoms with Crippen LogP contribution in [0, 0.1) is 5.41 Å². The normalized spacial score (nSPS) is 17.0. The zero-order valence-electron chi connectivity index (χ0n) is 12.9. The van der Waals surface area contributed by atoms with Gasteiger partial charge < -0.3 is 10.2 Å². The summed E-state index contributed by atoms with van der Waals surface area (Å²) in [6.45, 7) is 6.72. The van der Waals surface area contributed by atoms with E-state index in [9.17, 15) is 0 Å². The lowest BCUT2D eigenvalue weighted by atomic mass is 9.93. The van der Waals surface area contributed by atoms with Crippen molar-refractivity contribution in [2.24, 2.45) is 5.41 Å². The predicted octanol–water partition coefficient (Wildman–Crippen LogP) is 3.42. The zero-order valence-corrected chi connectivity index (χ0v) is 12.9. The molecule has 21 heavy (non-hydrogen) atoms. The number of nitrogens with zero attached hydrogens (tertiary/aromatic N) is 3. The molecule has 0 radical (unpaired) electrons. The van der Waals surface area contributed by atoms with Gasteiger partial charge in [0, 0.05) is 31.8 Å². The van der Waals surface area contributed by atoms with E-state index >= 15 is 0 Å². The highest BCUT2D eigenvalue weighted by molar-refractivity contribution is 5.61. The minimum Gasteiger partial charge on any atom is -0.373 e. The fourth-order valence-electron chi connectivity index (χ4n) is 2.75. The van der Waals surface area contributed by atoms with Crippen LogP contribution >= 0.6 is 0 Å². The highest BCUT2D eigenvalue weighted by Crippen LogP contribution is 2.33. The van der Waals surface area contributed by atoms with Gasteiger partial charge in [-0.25, -0.2) is 9.97 Å². The number of hydrogen-bond donors (Lipinski definition) is 1. The van der Waals surface area contributed by atoms with E-state index in [1.165, 1.54) is 6.42 Å². The van der Waals surface area contributed by atoms with Crippen LogP contribution in [-0.4, -0.2) is 30.1 Å². The van der Waals surface area contributed by atoms with E-state index in [0.29, 0.717) is 5.41 Å². The lowest BCUT2D eigenvalue weighted by Crippen LogP contribution is -2.24. The summed E-state index contributed by atoms with van der Waals surface area (Å²) in [5.41, 5.74) is 1.41. The van der Waals surface area contributed by atoms with Crippen molar-refractivity contribution in [1.29, 1.82) is 0 Å². The molecule has 1 aromatic heterocycles. The molecule has 1 aliphatic heterocycles. The molecule has 0 amide bonds. The minimum atomic E-state index is 0.359. The van der Waals surface area contributed by atoms with Crippen molar-refractivity contribution in [3.63, 3.8) is 0 Å². The molecule has 0 saturated carbocycles. The van der Waals surface area contributed by atoms with Crippen molar-refractivity contribution >= 4 is 11.6 Å². The van der Waals surface area contributed by atoms with Gasteiger partial charge in [-0.15, -0.1) is 0 Å². The van der Waals surface area contributed by atoms with Crippen LogP contribution in [0.25, 0.3) is 11.4 Å². The predicted molar refractivity (Wildman–Crippen MR) is 87.6 cm³/mol. The second-order valence-electron chi connectivity index (χ2n) is 6.39. The second-order valence-corrected chi connectivity index (χ2v) is 6.39. The average molecular weight is 282 g/mol. The lowest BCUT2D eigenvalue weighted by molar-refractivity contribution is 0.418. The second kappa shape index (κ2) is 5.35. The first-order valence-electron chi connectivity index (χ1n) is 7.45. The lowest BCUT2D eigenvalue weighted by Gasteiger charge is -2.21. The summed E-state index contributed by atoms with van der Waals surface area (Å²) >= 11 is 0. The first kappa shape index (κ1) is 13.9. The van der Waals surface area contributed by atoms with Crippen molar-refractivity contribution < 1.29 is 0 Å². The average Bonchev–Trinajstić information content (AvgIpc) is 2.88. The molecule has 110 valence electrons. The third-order valence-electron chi connectivity index (χ3n) is 4.00. The van der Waals surface area contributed by atoms with Crippen molar-refractivity contribution in [2.75, 3.05) is 30.4 Å². The summed E-state index contributed by atoms with van der Waals surface area (Å²) in [5, 5.41) is 3.14. The van der Waals surface area contributed by atoms with Crippen molar-refractivity contribution in [3.8, 4) is 11.4 Å². The standard InChI is InChI=1S/C17H22N4/c1-17(2)9-10-21(12-17)15-11-14(18-3)19-16(20-15)13-7-5-4-6-8-13/h4-8,11H,9-10,12H2,1-3H3,(H,18,19,20). The van der Waals surface area contributed by atoms with Gasteiger partial charge in [-0.3, -0.25) is 0 Å². The molecule has 0 aliphatic carbocycles. The van der Waals surface area contributed by atoms with Gasteiger partial charge in [0.2, 0.25) is 0 Å². The summed E-state index contributed by atoms with van der Waals surface area (Å²) < 4.78 is 0. The van der Waals surface area contributed by atoms with E-state index in [0.717, 1.165) is 36.1 Å². The number of aromatic nitrogens is 2. The quantitative estimate of drug-likeness (QED) is 0.936. The first-order valence-corrected chi connectivity index (χ1v) is 7.45. The van der Waals surface area contributed by atoms with Gasteiger partial charge in [0.15, 0.2) is 5.82 Å².